The Labute approximate surface area is 132 Å². The number of nitrogens with zero attached hydrogens (tertiary/aromatic N) is 1. The molecule has 1 saturated heterocycles. The lowest BCUT2D eigenvalue weighted by atomic mass is 10.0. The van der Waals surface area contributed by atoms with Gasteiger partial charge >= 0.3 is 0 Å². The third kappa shape index (κ3) is 3.04. The van der Waals surface area contributed by atoms with Crippen molar-refractivity contribution in [2.45, 2.75) is 25.9 Å². The van der Waals surface area contributed by atoms with Gasteiger partial charge in [0.2, 0.25) is 0 Å². The first-order chi connectivity index (χ1) is 10.6. The molecule has 0 aliphatic carbocycles. The smallest absolute Gasteiger partial charge is 0.254 e. The van der Waals surface area contributed by atoms with E-state index in [4.69, 9.17) is 0 Å². The van der Waals surface area contributed by atoms with Crippen LogP contribution in [0.3, 0.4) is 0 Å². The highest BCUT2D eigenvalue weighted by atomic mass is 16.2. The third-order valence-electron chi connectivity index (χ3n) is 4.30. The van der Waals surface area contributed by atoms with E-state index in [1.54, 1.807) is 0 Å². The van der Waals surface area contributed by atoms with Crippen LogP contribution in [0.15, 0.2) is 54.6 Å². The monoisotopic (exact) mass is 294 g/mol. The molecule has 114 valence electrons. The molecule has 1 heterocycles. The summed E-state index contributed by atoms with van der Waals surface area (Å²) in [6, 6.07) is 18.6. The molecule has 0 spiro atoms. The number of aryl methyl sites for hydroxylation is 1. The zero-order chi connectivity index (χ0) is 15.5. The van der Waals surface area contributed by atoms with Gasteiger partial charge in [0.25, 0.3) is 5.91 Å². The molecule has 1 aliphatic heterocycles. The molecule has 2 atom stereocenters. The topological polar surface area (TPSA) is 32.3 Å². The largest absolute Gasteiger partial charge is 0.333 e. The van der Waals surface area contributed by atoms with Crippen LogP contribution in [0, 0.1) is 6.92 Å². The van der Waals surface area contributed by atoms with Crippen LogP contribution in [0.5, 0.6) is 0 Å². The molecule has 3 nitrogen and oxygen atoms in total. The number of hydrogen-bond acceptors (Lipinski definition) is 2. The third-order valence-corrected chi connectivity index (χ3v) is 4.30. The number of hydrogen-bond donors (Lipinski definition) is 1. The quantitative estimate of drug-likeness (QED) is 0.922. The second kappa shape index (κ2) is 6.32. The molecule has 22 heavy (non-hydrogen) atoms. The lowest BCUT2D eigenvalue weighted by molar-refractivity contribution is 0.0607. The van der Waals surface area contributed by atoms with Crippen molar-refractivity contribution in [1.29, 1.82) is 0 Å². The molecular formula is C19H22N2O. The Morgan fingerprint density at radius 2 is 1.91 bits per heavy atom. The van der Waals surface area contributed by atoms with E-state index in [0.29, 0.717) is 6.54 Å². The van der Waals surface area contributed by atoms with Gasteiger partial charge in [0, 0.05) is 30.7 Å². The van der Waals surface area contributed by atoms with Gasteiger partial charge in [0.05, 0.1) is 0 Å². The molecular weight excluding hydrogens is 272 g/mol. The number of rotatable bonds is 2. The van der Waals surface area contributed by atoms with Crippen molar-refractivity contribution in [3.8, 4) is 0 Å². The first-order valence-corrected chi connectivity index (χ1v) is 7.81. The summed E-state index contributed by atoms with van der Waals surface area (Å²) in [5.74, 6) is 0.124. The highest BCUT2D eigenvalue weighted by Gasteiger charge is 2.29. The summed E-state index contributed by atoms with van der Waals surface area (Å²) in [6.07, 6.45) is 0. The Kier molecular flexibility index (Phi) is 4.25. The Bertz CT molecular complexity index is 653. The zero-order valence-electron chi connectivity index (χ0n) is 13.1. The Morgan fingerprint density at radius 1 is 1.14 bits per heavy atom. The number of carbonyl (C=O) groups is 1. The molecule has 2 unspecified atom stereocenters. The summed E-state index contributed by atoms with van der Waals surface area (Å²) in [5.41, 5.74) is 3.13. The lowest BCUT2D eigenvalue weighted by Gasteiger charge is -2.39. The van der Waals surface area contributed by atoms with Gasteiger partial charge in [-0.05, 0) is 31.5 Å². The summed E-state index contributed by atoms with van der Waals surface area (Å²) >= 11 is 0. The zero-order valence-corrected chi connectivity index (χ0v) is 13.1. The van der Waals surface area contributed by atoms with E-state index in [-0.39, 0.29) is 18.0 Å². The first kappa shape index (κ1) is 14.8. The summed E-state index contributed by atoms with van der Waals surface area (Å²) < 4.78 is 0. The van der Waals surface area contributed by atoms with Crippen molar-refractivity contribution in [1.82, 2.24) is 10.2 Å². The van der Waals surface area contributed by atoms with Crippen LogP contribution in [-0.4, -0.2) is 29.9 Å². The van der Waals surface area contributed by atoms with Crippen LogP contribution in [0.2, 0.25) is 0 Å². The molecule has 1 aliphatic rings. The molecule has 2 aromatic carbocycles. The highest BCUT2D eigenvalue weighted by molar-refractivity contribution is 5.94. The van der Waals surface area contributed by atoms with Crippen LogP contribution in [0.1, 0.15) is 34.5 Å². The fourth-order valence-corrected chi connectivity index (χ4v) is 3.00. The number of amides is 1. The van der Waals surface area contributed by atoms with Crippen molar-refractivity contribution < 1.29 is 4.79 Å². The minimum absolute atomic E-state index is 0.124. The maximum absolute atomic E-state index is 12.8. The summed E-state index contributed by atoms with van der Waals surface area (Å²) in [6.45, 7) is 5.64. The van der Waals surface area contributed by atoms with Crippen molar-refractivity contribution in [3.05, 3.63) is 71.3 Å². The maximum atomic E-state index is 12.8. The SMILES string of the molecule is Cc1cccc(C(=O)N2CC(c3ccccc3)NCC2C)c1. The Hall–Kier alpha value is -2.13. The van der Waals surface area contributed by atoms with Gasteiger partial charge in [0.1, 0.15) is 0 Å². The van der Waals surface area contributed by atoms with E-state index in [1.807, 2.05) is 54.3 Å². The molecule has 3 rings (SSSR count). The van der Waals surface area contributed by atoms with Gasteiger partial charge in [-0.25, -0.2) is 0 Å². The van der Waals surface area contributed by atoms with Crippen LogP contribution in [0.4, 0.5) is 0 Å². The average Bonchev–Trinajstić information content (AvgIpc) is 2.55. The van der Waals surface area contributed by atoms with Crippen LogP contribution >= 0.6 is 0 Å². The fourth-order valence-electron chi connectivity index (χ4n) is 3.00. The van der Waals surface area contributed by atoms with E-state index in [0.717, 1.165) is 17.7 Å². The normalized spacial score (nSPS) is 21.6. The van der Waals surface area contributed by atoms with E-state index in [1.165, 1.54) is 5.56 Å². The van der Waals surface area contributed by atoms with Gasteiger partial charge in [-0.1, -0.05) is 48.0 Å². The molecule has 3 heteroatoms. The van der Waals surface area contributed by atoms with Crippen molar-refractivity contribution in [3.63, 3.8) is 0 Å². The van der Waals surface area contributed by atoms with Gasteiger partial charge in [0.15, 0.2) is 0 Å². The van der Waals surface area contributed by atoms with E-state index in [9.17, 15) is 4.79 Å². The number of nitrogens with one attached hydrogen (secondary N) is 1. The van der Waals surface area contributed by atoms with Crippen molar-refractivity contribution in [2.75, 3.05) is 13.1 Å². The highest BCUT2D eigenvalue weighted by Crippen LogP contribution is 2.21. The molecule has 0 aromatic heterocycles. The van der Waals surface area contributed by atoms with Gasteiger partial charge in [-0.2, -0.15) is 0 Å². The predicted molar refractivity (Wildman–Crippen MR) is 88.9 cm³/mol. The molecule has 0 bridgehead atoms. The number of carbonyl (C=O) groups excluding carboxylic acids is 1. The van der Waals surface area contributed by atoms with E-state index >= 15 is 0 Å². The lowest BCUT2D eigenvalue weighted by Crippen LogP contribution is -2.53. The van der Waals surface area contributed by atoms with Crippen molar-refractivity contribution in [2.24, 2.45) is 0 Å². The molecule has 2 aromatic rings. The summed E-state index contributed by atoms with van der Waals surface area (Å²) in [4.78, 5) is 14.8. The Balaban J connectivity index is 1.81. The van der Waals surface area contributed by atoms with Gasteiger partial charge in [-0.3, -0.25) is 4.79 Å². The van der Waals surface area contributed by atoms with E-state index in [2.05, 4.69) is 24.4 Å². The molecule has 1 fully saturated rings. The summed E-state index contributed by atoms with van der Waals surface area (Å²) in [7, 11) is 0. The van der Waals surface area contributed by atoms with Crippen LogP contribution < -0.4 is 5.32 Å². The minimum Gasteiger partial charge on any atom is -0.333 e. The standard InChI is InChI=1S/C19H22N2O/c1-14-7-6-10-17(11-14)19(22)21-13-18(20-12-15(21)2)16-8-4-3-5-9-16/h3-11,15,18,20H,12-13H2,1-2H3. The molecule has 1 N–H and O–H groups in total. The molecule has 1 amide bonds. The number of benzene rings is 2. The van der Waals surface area contributed by atoms with Crippen molar-refractivity contribution >= 4 is 5.91 Å². The van der Waals surface area contributed by atoms with Crippen LogP contribution in [-0.2, 0) is 0 Å². The van der Waals surface area contributed by atoms with E-state index < -0.39 is 0 Å². The minimum atomic E-state index is 0.124. The second-order valence-electron chi connectivity index (χ2n) is 6.05. The first-order valence-electron chi connectivity index (χ1n) is 7.81. The van der Waals surface area contributed by atoms with Crippen LogP contribution in [0.25, 0.3) is 0 Å². The molecule has 0 radical (unpaired) electrons. The predicted octanol–water partition coefficient (Wildman–Crippen LogP) is 3.17. The van der Waals surface area contributed by atoms with Gasteiger partial charge < -0.3 is 10.2 Å². The second-order valence-corrected chi connectivity index (χ2v) is 6.05. The van der Waals surface area contributed by atoms with Gasteiger partial charge in [-0.15, -0.1) is 0 Å². The summed E-state index contributed by atoms with van der Waals surface area (Å²) in [5, 5.41) is 3.54. The maximum Gasteiger partial charge on any atom is 0.254 e. The fraction of sp³-hybridized carbons (Fsp3) is 0.316. The number of piperazine rings is 1. The Morgan fingerprint density at radius 3 is 2.64 bits per heavy atom. The average molecular weight is 294 g/mol. The molecule has 0 saturated carbocycles.